The second kappa shape index (κ2) is 7.91. The van der Waals surface area contributed by atoms with Gasteiger partial charge in [0.1, 0.15) is 0 Å². The van der Waals surface area contributed by atoms with Crippen LogP contribution >= 0.6 is 0 Å². The van der Waals surface area contributed by atoms with Gasteiger partial charge in [-0.15, -0.1) is 0 Å². The van der Waals surface area contributed by atoms with Gasteiger partial charge in [-0.25, -0.2) is 0 Å². The average molecular weight is 406 g/mol. The van der Waals surface area contributed by atoms with Crippen molar-refractivity contribution in [3.8, 4) is 11.1 Å². The summed E-state index contributed by atoms with van der Waals surface area (Å²) in [5, 5.41) is 11.2. The molecule has 2 aliphatic heterocycles. The quantitative estimate of drug-likeness (QED) is 0.820. The molecule has 2 aromatic rings. The highest BCUT2D eigenvalue weighted by Gasteiger charge is 2.37. The molecule has 0 unspecified atom stereocenters. The molecule has 0 radical (unpaired) electrons. The number of hydrogen-bond donors (Lipinski definition) is 2. The first kappa shape index (κ1) is 20.1. The van der Waals surface area contributed by atoms with Crippen LogP contribution in [0.3, 0.4) is 0 Å². The largest absolute Gasteiger partial charge is 0.378 e. The van der Waals surface area contributed by atoms with Crippen molar-refractivity contribution in [2.45, 2.75) is 18.9 Å². The molecular formula is C23H26N4O3. The molecular weight excluding hydrogens is 380 g/mol. The Labute approximate surface area is 176 Å². The predicted octanol–water partition coefficient (Wildman–Crippen LogP) is 2.43. The molecule has 2 aromatic carbocycles. The molecule has 156 valence electrons. The summed E-state index contributed by atoms with van der Waals surface area (Å²) >= 11 is 0. The van der Waals surface area contributed by atoms with Crippen LogP contribution in [0.5, 0.6) is 0 Å². The summed E-state index contributed by atoms with van der Waals surface area (Å²) in [4.78, 5) is 28.3. The number of ether oxygens (including phenoxy) is 1. The molecule has 7 heteroatoms. The minimum Gasteiger partial charge on any atom is -0.378 e. The highest BCUT2D eigenvalue weighted by molar-refractivity contribution is 5.99. The zero-order valence-electron chi connectivity index (χ0n) is 17.3. The third-order valence-electron chi connectivity index (χ3n) is 5.85. The maximum atomic E-state index is 12.8. The standard InChI is InChI=1S/C23H26N4O3/c1-23(15-20(28)26(2)22(24)25-23)19-8-4-6-17(14-19)16-5-3-7-18(13-16)21(29)27-9-11-30-12-10-27/h3-8,13-14H,9-12,15H2,1-2H3,(H2,24,25)/t23-/m0/s1. The van der Waals surface area contributed by atoms with Crippen molar-refractivity contribution in [2.24, 2.45) is 0 Å². The van der Waals surface area contributed by atoms with E-state index in [9.17, 15) is 9.59 Å². The Bertz CT molecular complexity index is 979. The van der Waals surface area contributed by atoms with Crippen LogP contribution in [-0.4, -0.2) is 60.9 Å². The first-order valence-electron chi connectivity index (χ1n) is 10.1. The summed E-state index contributed by atoms with van der Waals surface area (Å²) in [7, 11) is 1.60. The highest BCUT2D eigenvalue weighted by Crippen LogP contribution is 2.32. The Hall–Kier alpha value is -3.19. The van der Waals surface area contributed by atoms with Gasteiger partial charge in [0.25, 0.3) is 5.91 Å². The second-order valence-electron chi connectivity index (χ2n) is 8.00. The number of hydrogen-bond acceptors (Lipinski definition) is 4. The molecule has 2 saturated heterocycles. The molecule has 0 aliphatic carbocycles. The van der Waals surface area contributed by atoms with E-state index >= 15 is 0 Å². The molecule has 2 N–H and O–H groups in total. The van der Waals surface area contributed by atoms with Gasteiger partial charge in [0.05, 0.1) is 25.2 Å². The Kier molecular flexibility index (Phi) is 5.30. The number of amides is 2. The van der Waals surface area contributed by atoms with Crippen LogP contribution in [0.25, 0.3) is 11.1 Å². The van der Waals surface area contributed by atoms with E-state index in [-0.39, 0.29) is 24.2 Å². The van der Waals surface area contributed by atoms with Crippen LogP contribution < -0.4 is 5.32 Å². The number of nitrogens with one attached hydrogen (secondary N) is 2. The molecule has 4 rings (SSSR count). The molecule has 1 atom stereocenters. The molecule has 7 nitrogen and oxygen atoms in total. The van der Waals surface area contributed by atoms with Gasteiger partial charge in [-0.3, -0.25) is 19.9 Å². The predicted molar refractivity (Wildman–Crippen MR) is 114 cm³/mol. The van der Waals surface area contributed by atoms with E-state index in [2.05, 4.69) is 5.32 Å². The van der Waals surface area contributed by atoms with E-state index < -0.39 is 5.54 Å². The summed E-state index contributed by atoms with van der Waals surface area (Å²) in [5.41, 5.74) is 2.83. The van der Waals surface area contributed by atoms with E-state index in [1.807, 2.05) is 60.4 Å². The smallest absolute Gasteiger partial charge is 0.254 e. The zero-order valence-corrected chi connectivity index (χ0v) is 17.3. The Morgan fingerprint density at radius 3 is 2.47 bits per heavy atom. The second-order valence-corrected chi connectivity index (χ2v) is 8.00. The third-order valence-corrected chi connectivity index (χ3v) is 5.85. The van der Waals surface area contributed by atoms with Gasteiger partial charge in [-0.2, -0.15) is 0 Å². The molecule has 2 aliphatic rings. The first-order chi connectivity index (χ1) is 14.4. The van der Waals surface area contributed by atoms with Crippen LogP contribution in [0.4, 0.5) is 0 Å². The lowest BCUT2D eigenvalue weighted by atomic mass is 9.85. The van der Waals surface area contributed by atoms with Gasteiger partial charge in [-0.1, -0.05) is 30.3 Å². The fourth-order valence-electron chi connectivity index (χ4n) is 3.93. The summed E-state index contributed by atoms with van der Waals surface area (Å²) in [6.07, 6.45) is 0.269. The molecule has 0 bridgehead atoms. The molecule has 0 spiro atoms. The minimum absolute atomic E-state index is 0.0132. The average Bonchev–Trinajstić information content (AvgIpc) is 2.78. The summed E-state index contributed by atoms with van der Waals surface area (Å²) < 4.78 is 5.34. The highest BCUT2D eigenvalue weighted by atomic mass is 16.5. The first-order valence-corrected chi connectivity index (χ1v) is 10.1. The van der Waals surface area contributed by atoms with Gasteiger partial charge < -0.3 is 15.0 Å². The van der Waals surface area contributed by atoms with Crippen molar-refractivity contribution in [2.75, 3.05) is 33.4 Å². The topological polar surface area (TPSA) is 85.7 Å². The molecule has 2 amide bonds. The van der Waals surface area contributed by atoms with Gasteiger partial charge >= 0.3 is 0 Å². The van der Waals surface area contributed by atoms with E-state index in [4.69, 9.17) is 10.1 Å². The number of carbonyl (C=O) groups excluding carboxylic acids is 2. The lowest BCUT2D eigenvalue weighted by molar-refractivity contribution is -0.129. The van der Waals surface area contributed by atoms with Crippen LogP contribution in [0.2, 0.25) is 0 Å². The van der Waals surface area contributed by atoms with Crippen molar-refractivity contribution >= 4 is 17.8 Å². The Morgan fingerprint density at radius 1 is 1.10 bits per heavy atom. The van der Waals surface area contributed by atoms with Crippen molar-refractivity contribution in [1.82, 2.24) is 15.1 Å². The number of morpholine rings is 1. The van der Waals surface area contributed by atoms with Crippen LogP contribution in [0.1, 0.15) is 29.3 Å². The Morgan fingerprint density at radius 2 is 1.77 bits per heavy atom. The fraction of sp³-hybridized carbons (Fsp3) is 0.348. The number of nitrogens with zero attached hydrogens (tertiary/aromatic N) is 2. The zero-order chi connectivity index (χ0) is 21.3. The summed E-state index contributed by atoms with van der Waals surface area (Å²) in [5.74, 6) is 0.0151. The maximum absolute atomic E-state index is 12.8. The minimum atomic E-state index is -0.655. The third kappa shape index (κ3) is 3.80. The van der Waals surface area contributed by atoms with E-state index in [1.165, 1.54) is 4.90 Å². The monoisotopic (exact) mass is 406 g/mol. The van der Waals surface area contributed by atoms with E-state index in [0.29, 0.717) is 31.9 Å². The van der Waals surface area contributed by atoms with E-state index in [0.717, 1.165) is 16.7 Å². The fourth-order valence-corrected chi connectivity index (χ4v) is 3.93. The van der Waals surface area contributed by atoms with Crippen molar-refractivity contribution in [3.05, 3.63) is 59.7 Å². The Balaban J connectivity index is 1.62. The van der Waals surface area contributed by atoms with Crippen molar-refractivity contribution in [1.29, 1.82) is 5.41 Å². The van der Waals surface area contributed by atoms with Crippen LogP contribution in [0.15, 0.2) is 48.5 Å². The normalized spacial score (nSPS) is 22.1. The van der Waals surface area contributed by atoms with Gasteiger partial charge in [0, 0.05) is 25.7 Å². The number of guanidine groups is 1. The SMILES string of the molecule is CN1C(=N)N[C@](C)(c2cccc(-c3cccc(C(=O)N4CCOCC4)c3)c2)CC1=O. The molecule has 0 saturated carbocycles. The van der Waals surface area contributed by atoms with Gasteiger partial charge in [0.2, 0.25) is 5.91 Å². The van der Waals surface area contributed by atoms with Crippen LogP contribution in [0, 0.1) is 5.41 Å². The molecule has 30 heavy (non-hydrogen) atoms. The number of benzene rings is 2. The molecule has 2 fully saturated rings. The summed E-state index contributed by atoms with van der Waals surface area (Å²) in [6.45, 7) is 4.29. The lowest BCUT2D eigenvalue weighted by Crippen LogP contribution is -2.58. The van der Waals surface area contributed by atoms with Crippen LogP contribution in [-0.2, 0) is 15.1 Å². The molecule has 0 aromatic heterocycles. The summed E-state index contributed by atoms with van der Waals surface area (Å²) in [6, 6.07) is 15.5. The lowest BCUT2D eigenvalue weighted by Gasteiger charge is -2.39. The number of rotatable bonds is 3. The molecule has 2 heterocycles. The van der Waals surface area contributed by atoms with Crippen molar-refractivity contribution in [3.63, 3.8) is 0 Å². The number of carbonyl (C=O) groups is 2. The van der Waals surface area contributed by atoms with E-state index in [1.54, 1.807) is 7.05 Å². The van der Waals surface area contributed by atoms with Gasteiger partial charge in [0.15, 0.2) is 5.96 Å². The van der Waals surface area contributed by atoms with Gasteiger partial charge in [-0.05, 0) is 41.8 Å². The maximum Gasteiger partial charge on any atom is 0.254 e. The van der Waals surface area contributed by atoms with Crippen molar-refractivity contribution < 1.29 is 14.3 Å².